The molecule has 0 heterocycles. The van der Waals surface area contributed by atoms with Crippen LogP contribution in [0.2, 0.25) is 0 Å². The summed E-state index contributed by atoms with van der Waals surface area (Å²) in [6.07, 6.45) is 13.2. The molecule has 0 bridgehead atoms. The van der Waals surface area contributed by atoms with Crippen LogP contribution in [-0.2, 0) is 0 Å². The molecule has 0 radical (unpaired) electrons. The Hall–Kier alpha value is -0.570. The van der Waals surface area contributed by atoms with E-state index in [9.17, 15) is 0 Å². The summed E-state index contributed by atoms with van der Waals surface area (Å²) >= 11 is 0. The number of nitrogens with zero attached hydrogens (tertiary/aromatic N) is 1. The van der Waals surface area contributed by atoms with Gasteiger partial charge in [-0.15, -0.1) is 0 Å². The second-order valence-corrected chi connectivity index (χ2v) is 4.39. The highest BCUT2D eigenvalue weighted by atomic mass is 15.2. The average Bonchev–Trinajstić information content (AvgIpc) is 2.32. The van der Waals surface area contributed by atoms with Crippen molar-refractivity contribution in [3.05, 3.63) is 0 Å². The van der Waals surface area contributed by atoms with Gasteiger partial charge in [-0.25, -0.2) is 5.84 Å². The van der Waals surface area contributed by atoms with E-state index in [0.29, 0.717) is 0 Å². The Morgan fingerprint density at radius 1 is 0.938 bits per heavy atom. The van der Waals surface area contributed by atoms with Gasteiger partial charge in [0, 0.05) is 13.5 Å². The van der Waals surface area contributed by atoms with E-state index in [0.717, 1.165) is 12.3 Å². The third-order valence-corrected chi connectivity index (χ3v) is 2.95. The van der Waals surface area contributed by atoms with Gasteiger partial charge >= 0.3 is 0 Å². The standard InChI is InChI=1S/C13H29N3/c1-3-4-5-6-7-8-9-10-11-12-13(15-2)16-14/h3-12,14H2,1-2H3,(H,15,16). The molecule has 3 nitrogen and oxygen atoms in total. The third kappa shape index (κ3) is 9.97. The molecule has 16 heavy (non-hydrogen) atoms. The van der Waals surface area contributed by atoms with Crippen LogP contribution in [-0.4, -0.2) is 12.9 Å². The fraction of sp³-hybridized carbons (Fsp3) is 0.923. The molecule has 0 aromatic carbocycles. The van der Waals surface area contributed by atoms with Crippen molar-refractivity contribution < 1.29 is 0 Å². The highest BCUT2D eigenvalue weighted by Gasteiger charge is 1.95. The van der Waals surface area contributed by atoms with Gasteiger partial charge in [0.05, 0.1) is 0 Å². The minimum atomic E-state index is 0.919. The van der Waals surface area contributed by atoms with E-state index in [4.69, 9.17) is 5.84 Å². The normalized spacial score (nSPS) is 11.8. The first-order chi connectivity index (χ1) is 7.85. The zero-order valence-corrected chi connectivity index (χ0v) is 11.1. The lowest BCUT2D eigenvalue weighted by atomic mass is 10.1. The van der Waals surface area contributed by atoms with Gasteiger partial charge in [0.15, 0.2) is 0 Å². The summed E-state index contributed by atoms with van der Waals surface area (Å²) in [7, 11) is 1.78. The van der Waals surface area contributed by atoms with Crippen LogP contribution in [0.15, 0.2) is 4.99 Å². The number of hydrazine groups is 1. The van der Waals surface area contributed by atoms with E-state index in [-0.39, 0.29) is 0 Å². The molecule has 0 aromatic rings. The Bertz CT molecular complexity index is 167. The topological polar surface area (TPSA) is 50.4 Å². The SMILES string of the molecule is CCCCCCCCCCCC(=NC)NN. The van der Waals surface area contributed by atoms with Crippen molar-refractivity contribution in [2.75, 3.05) is 7.05 Å². The molecule has 0 unspecified atom stereocenters. The van der Waals surface area contributed by atoms with Crippen LogP contribution in [0.25, 0.3) is 0 Å². The van der Waals surface area contributed by atoms with Gasteiger partial charge in [0.2, 0.25) is 0 Å². The summed E-state index contributed by atoms with van der Waals surface area (Å²) in [4.78, 5) is 4.05. The summed E-state index contributed by atoms with van der Waals surface area (Å²) in [6, 6.07) is 0. The van der Waals surface area contributed by atoms with Crippen LogP contribution in [0.5, 0.6) is 0 Å². The fourth-order valence-corrected chi connectivity index (χ4v) is 1.85. The summed E-state index contributed by atoms with van der Waals surface area (Å²) < 4.78 is 0. The van der Waals surface area contributed by atoms with E-state index >= 15 is 0 Å². The molecule has 0 saturated carbocycles. The minimum Gasteiger partial charge on any atom is -0.312 e. The van der Waals surface area contributed by atoms with Gasteiger partial charge in [-0.1, -0.05) is 58.3 Å². The van der Waals surface area contributed by atoms with Gasteiger partial charge in [-0.05, 0) is 6.42 Å². The molecular weight excluding hydrogens is 198 g/mol. The van der Waals surface area contributed by atoms with Crippen LogP contribution < -0.4 is 11.3 Å². The molecule has 0 aliphatic carbocycles. The maximum absolute atomic E-state index is 5.31. The van der Waals surface area contributed by atoms with Crippen LogP contribution in [0.4, 0.5) is 0 Å². The number of aliphatic imine (C=N–C) groups is 1. The first kappa shape index (κ1) is 15.4. The summed E-state index contributed by atoms with van der Waals surface area (Å²) in [5.41, 5.74) is 2.63. The molecule has 0 aromatic heterocycles. The number of nitrogens with two attached hydrogens (primary N) is 1. The van der Waals surface area contributed by atoms with E-state index < -0.39 is 0 Å². The van der Waals surface area contributed by atoms with E-state index in [1.807, 2.05) is 0 Å². The van der Waals surface area contributed by atoms with Crippen LogP contribution in [0.3, 0.4) is 0 Å². The number of amidine groups is 1. The van der Waals surface area contributed by atoms with Crippen molar-refractivity contribution in [2.45, 2.75) is 71.1 Å². The molecule has 0 atom stereocenters. The van der Waals surface area contributed by atoms with Crippen molar-refractivity contribution >= 4 is 5.84 Å². The molecule has 0 rings (SSSR count). The third-order valence-electron chi connectivity index (χ3n) is 2.95. The number of nitrogens with one attached hydrogen (secondary N) is 1. The van der Waals surface area contributed by atoms with E-state index in [1.54, 1.807) is 7.05 Å². The fourth-order valence-electron chi connectivity index (χ4n) is 1.85. The first-order valence-corrected chi connectivity index (χ1v) is 6.77. The lowest BCUT2D eigenvalue weighted by Gasteiger charge is -2.04. The highest BCUT2D eigenvalue weighted by molar-refractivity contribution is 5.81. The Labute approximate surface area is 101 Å². The summed E-state index contributed by atoms with van der Waals surface area (Å²) in [6.45, 7) is 2.26. The molecule has 3 heteroatoms. The monoisotopic (exact) mass is 227 g/mol. The lowest BCUT2D eigenvalue weighted by Crippen LogP contribution is -2.29. The Kier molecular flexibility index (Phi) is 12.1. The zero-order chi connectivity index (χ0) is 12.1. The van der Waals surface area contributed by atoms with Crippen molar-refractivity contribution in [1.29, 1.82) is 0 Å². The smallest absolute Gasteiger partial charge is 0.110 e. The first-order valence-electron chi connectivity index (χ1n) is 6.77. The Morgan fingerprint density at radius 2 is 1.44 bits per heavy atom. The van der Waals surface area contributed by atoms with Crippen molar-refractivity contribution in [2.24, 2.45) is 10.8 Å². The average molecular weight is 227 g/mol. The maximum atomic E-state index is 5.31. The molecule has 0 saturated heterocycles. The largest absolute Gasteiger partial charge is 0.312 e. The summed E-state index contributed by atoms with van der Waals surface area (Å²) in [5, 5.41) is 0. The van der Waals surface area contributed by atoms with Gasteiger partial charge in [0.1, 0.15) is 5.84 Å². The molecule has 96 valence electrons. The van der Waals surface area contributed by atoms with Gasteiger partial charge in [0.25, 0.3) is 0 Å². The molecule has 3 N–H and O–H groups in total. The zero-order valence-electron chi connectivity index (χ0n) is 11.1. The van der Waals surface area contributed by atoms with Crippen molar-refractivity contribution in [1.82, 2.24) is 5.43 Å². The van der Waals surface area contributed by atoms with Crippen molar-refractivity contribution in [3.8, 4) is 0 Å². The molecule has 0 fully saturated rings. The highest BCUT2D eigenvalue weighted by Crippen LogP contribution is 2.10. The number of hydrogen-bond donors (Lipinski definition) is 2. The number of hydrogen-bond acceptors (Lipinski definition) is 2. The van der Waals surface area contributed by atoms with E-state index in [1.165, 1.54) is 57.8 Å². The molecule has 0 aliphatic rings. The second kappa shape index (κ2) is 12.5. The quantitative estimate of drug-likeness (QED) is 0.198. The van der Waals surface area contributed by atoms with Crippen molar-refractivity contribution in [3.63, 3.8) is 0 Å². The van der Waals surface area contributed by atoms with Crippen LogP contribution in [0, 0.1) is 0 Å². The van der Waals surface area contributed by atoms with Gasteiger partial charge < -0.3 is 5.43 Å². The molecular formula is C13H29N3. The lowest BCUT2D eigenvalue weighted by molar-refractivity contribution is 0.567. The molecule has 0 amide bonds. The number of rotatable bonds is 10. The van der Waals surface area contributed by atoms with Crippen LogP contribution in [0.1, 0.15) is 71.1 Å². The minimum absolute atomic E-state index is 0.919. The Morgan fingerprint density at radius 3 is 1.88 bits per heavy atom. The van der Waals surface area contributed by atoms with E-state index in [2.05, 4.69) is 17.3 Å². The predicted octanol–water partition coefficient (Wildman–Crippen LogP) is 3.40. The van der Waals surface area contributed by atoms with Gasteiger partial charge in [-0.2, -0.15) is 0 Å². The van der Waals surface area contributed by atoms with Gasteiger partial charge in [-0.3, -0.25) is 4.99 Å². The second-order valence-electron chi connectivity index (χ2n) is 4.39. The van der Waals surface area contributed by atoms with Crippen LogP contribution >= 0.6 is 0 Å². The molecule has 0 spiro atoms. The molecule has 0 aliphatic heterocycles. The maximum Gasteiger partial charge on any atom is 0.110 e. The number of unbranched alkanes of at least 4 members (excludes halogenated alkanes) is 8. The summed E-state index contributed by atoms with van der Waals surface area (Å²) in [5.74, 6) is 6.23. The Balaban J connectivity index is 3.09. The predicted molar refractivity (Wildman–Crippen MR) is 72.5 cm³/mol.